The van der Waals surface area contributed by atoms with Crippen molar-refractivity contribution < 1.29 is 24.2 Å². The second-order valence-corrected chi connectivity index (χ2v) is 8.76. The Labute approximate surface area is 223 Å². The number of carboxylic acids is 1. The number of aromatic carboxylic acids is 1. The van der Waals surface area contributed by atoms with E-state index in [1.54, 1.807) is 48.5 Å². The minimum Gasteiger partial charge on any atom is -0.478 e. The highest BCUT2D eigenvalue weighted by Crippen LogP contribution is 2.27. The third kappa shape index (κ3) is 5.21. The smallest absolute Gasteiger partial charge is 0.335 e. The van der Waals surface area contributed by atoms with Crippen molar-refractivity contribution in [2.45, 2.75) is 0 Å². The van der Waals surface area contributed by atoms with Gasteiger partial charge in [0.05, 0.1) is 11.3 Å². The van der Waals surface area contributed by atoms with Crippen molar-refractivity contribution in [2.75, 3.05) is 4.90 Å². The number of nitrogens with zero attached hydrogens (tertiary/aromatic N) is 1. The summed E-state index contributed by atoms with van der Waals surface area (Å²) in [5, 5.41) is 11.7. The molecule has 0 atom stereocenters. The van der Waals surface area contributed by atoms with Gasteiger partial charge in [0.25, 0.3) is 11.8 Å². The molecule has 0 saturated carbocycles. The fourth-order valence-corrected chi connectivity index (χ4v) is 4.20. The number of carbonyl (C=O) groups is 3. The van der Waals surface area contributed by atoms with Crippen molar-refractivity contribution in [1.29, 1.82) is 0 Å². The van der Waals surface area contributed by atoms with Crippen LogP contribution in [0, 0.1) is 0 Å². The molecular weight excluding hydrogens is 500 g/mol. The van der Waals surface area contributed by atoms with Gasteiger partial charge in [-0.05, 0) is 83.5 Å². The molecule has 1 aliphatic heterocycles. The molecule has 8 heteroatoms. The van der Waals surface area contributed by atoms with Gasteiger partial charge in [0.1, 0.15) is 17.1 Å². The molecule has 0 unspecified atom stereocenters. The number of nitrogens with one attached hydrogen (secondary N) is 1. The van der Waals surface area contributed by atoms with E-state index in [2.05, 4.69) is 5.32 Å². The maximum absolute atomic E-state index is 13.3. The minimum absolute atomic E-state index is 0.00552. The SMILES string of the molecule is O=C1NC(=S)N(c2ccc(Oc3ccccc3)cc2)C(=O)/C1=C/c1ccc(-c2ccc(C(=O)O)cc2)cc1. The van der Waals surface area contributed by atoms with Crippen LogP contribution in [0.5, 0.6) is 11.5 Å². The number of hydrogen-bond donors (Lipinski definition) is 2. The van der Waals surface area contributed by atoms with E-state index in [0.29, 0.717) is 22.7 Å². The van der Waals surface area contributed by atoms with Gasteiger partial charge in [0.15, 0.2) is 5.11 Å². The molecule has 1 heterocycles. The highest BCUT2D eigenvalue weighted by molar-refractivity contribution is 7.80. The minimum atomic E-state index is -0.987. The number of carboxylic acid groups (broad SMARTS) is 1. The van der Waals surface area contributed by atoms with Gasteiger partial charge in [-0.3, -0.25) is 19.8 Å². The van der Waals surface area contributed by atoms with Gasteiger partial charge in [-0.1, -0.05) is 54.6 Å². The van der Waals surface area contributed by atoms with Gasteiger partial charge in [-0.15, -0.1) is 0 Å². The van der Waals surface area contributed by atoms with E-state index in [0.717, 1.165) is 11.1 Å². The topological polar surface area (TPSA) is 95.9 Å². The third-order valence-corrected chi connectivity index (χ3v) is 6.15. The summed E-state index contributed by atoms with van der Waals surface area (Å²) in [6.07, 6.45) is 1.51. The van der Waals surface area contributed by atoms with Gasteiger partial charge < -0.3 is 9.84 Å². The Balaban J connectivity index is 1.35. The summed E-state index contributed by atoms with van der Waals surface area (Å²) in [5.41, 5.74) is 3.00. The quantitative estimate of drug-likeness (QED) is 0.193. The van der Waals surface area contributed by atoms with Gasteiger partial charge in [-0.25, -0.2) is 4.79 Å². The highest BCUT2D eigenvalue weighted by Gasteiger charge is 2.34. The van der Waals surface area contributed by atoms with E-state index in [9.17, 15) is 14.4 Å². The van der Waals surface area contributed by atoms with E-state index in [-0.39, 0.29) is 16.2 Å². The average molecular weight is 521 g/mol. The summed E-state index contributed by atoms with van der Waals surface area (Å²) < 4.78 is 5.81. The number of rotatable bonds is 6. The maximum Gasteiger partial charge on any atom is 0.335 e. The number of para-hydroxylation sites is 1. The molecule has 2 amide bonds. The lowest BCUT2D eigenvalue weighted by Gasteiger charge is -2.29. The fraction of sp³-hybridized carbons (Fsp3) is 0. The first-order valence-corrected chi connectivity index (χ1v) is 12.0. The predicted octanol–water partition coefficient (Wildman–Crippen LogP) is 5.68. The van der Waals surface area contributed by atoms with Crippen molar-refractivity contribution in [3.63, 3.8) is 0 Å². The van der Waals surface area contributed by atoms with Crippen LogP contribution < -0.4 is 15.0 Å². The molecule has 38 heavy (non-hydrogen) atoms. The van der Waals surface area contributed by atoms with Gasteiger partial charge in [0, 0.05) is 0 Å². The number of carbonyl (C=O) groups excluding carboxylic acids is 2. The Hall–Kier alpha value is -5.08. The first-order chi connectivity index (χ1) is 18.4. The number of anilines is 1. The molecule has 5 rings (SSSR count). The molecule has 186 valence electrons. The van der Waals surface area contributed by atoms with Crippen LogP contribution in [0.3, 0.4) is 0 Å². The standard InChI is InChI=1S/C30H20N2O5S/c33-27-26(18-19-6-8-20(9-7-19)21-10-12-22(13-11-21)29(35)36)28(34)32(30(38)31-27)23-14-16-25(17-15-23)37-24-4-2-1-3-5-24/h1-18H,(H,35,36)(H,31,33,38)/b26-18+. The second kappa shape index (κ2) is 10.5. The summed E-state index contributed by atoms with van der Waals surface area (Å²) in [5.74, 6) is -0.824. The van der Waals surface area contributed by atoms with Crippen LogP contribution in [-0.2, 0) is 9.59 Å². The van der Waals surface area contributed by atoms with Crippen molar-refractivity contribution in [1.82, 2.24) is 5.32 Å². The Morgan fingerprint density at radius 3 is 1.97 bits per heavy atom. The Morgan fingerprint density at radius 2 is 1.37 bits per heavy atom. The number of hydrogen-bond acceptors (Lipinski definition) is 5. The average Bonchev–Trinajstić information content (AvgIpc) is 2.93. The Bertz CT molecular complexity index is 1560. The van der Waals surface area contributed by atoms with Gasteiger partial charge in [-0.2, -0.15) is 0 Å². The van der Waals surface area contributed by atoms with E-state index < -0.39 is 17.8 Å². The van der Waals surface area contributed by atoms with Gasteiger partial charge >= 0.3 is 5.97 Å². The Morgan fingerprint density at radius 1 is 0.789 bits per heavy atom. The zero-order chi connectivity index (χ0) is 26.6. The zero-order valence-electron chi connectivity index (χ0n) is 19.8. The molecule has 0 bridgehead atoms. The summed E-state index contributed by atoms with van der Waals surface area (Å²) in [7, 11) is 0. The molecule has 1 saturated heterocycles. The summed E-state index contributed by atoms with van der Waals surface area (Å²) >= 11 is 5.29. The number of thiocarbonyl (C=S) groups is 1. The largest absolute Gasteiger partial charge is 0.478 e. The predicted molar refractivity (Wildman–Crippen MR) is 148 cm³/mol. The van der Waals surface area contributed by atoms with Crippen LogP contribution in [0.4, 0.5) is 5.69 Å². The van der Waals surface area contributed by atoms with Crippen molar-refractivity contribution in [3.05, 3.63) is 120 Å². The zero-order valence-corrected chi connectivity index (χ0v) is 20.6. The molecule has 1 fully saturated rings. The monoisotopic (exact) mass is 520 g/mol. The molecule has 2 N–H and O–H groups in total. The summed E-state index contributed by atoms with van der Waals surface area (Å²) in [4.78, 5) is 38.3. The fourth-order valence-electron chi connectivity index (χ4n) is 3.92. The first kappa shape index (κ1) is 24.6. The normalized spacial score (nSPS) is 14.4. The number of amides is 2. The lowest BCUT2D eigenvalue weighted by molar-refractivity contribution is -0.122. The van der Waals surface area contributed by atoms with Crippen LogP contribution in [-0.4, -0.2) is 28.0 Å². The molecule has 4 aromatic carbocycles. The van der Waals surface area contributed by atoms with Crippen LogP contribution in [0.25, 0.3) is 17.2 Å². The molecule has 4 aromatic rings. The molecule has 0 aliphatic carbocycles. The van der Waals surface area contributed by atoms with Crippen LogP contribution in [0.2, 0.25) is 0 Å². The third-order valence-electron chi connectivity index (χ3n) is 5.86. The van der Waals surface area contributed by atoms with E-state index in [1.165, 1.54) is 23.1 Å². The van der Waals surface area contributed by atoms with Gasteiger partial charge in [0.2, 0.25) is 0 Å². The van der Waals surface area contributed by atoms with E-state index >= 15 is 0 Å². The molecule has 7 nitrogen and oxygen atoms in total. The van der Waals surface area contributed by atoms with Crippen molar-refractivity contribution >= 4 is 46.9 Å². The molecule has 0 radical (unpaired) electrons. The first-order valence-electron chi connectivity index (χ1n) is 11.6. The Kier molecular flexibility index (Phi) is 6.80. The van der Waals surface area contributed by atoms with Crippen molar-refractivity contribution in [2.24, 2.45) is 0 Å². The van der Waals surface area contributed by atoms with E-state index in [1.807, 2.05) is 42.5 Å². The van der Waals surface area contributed by atoms with Crippen LogP contribution in [0.15, 0.2) is 109 Å². The molecule has 1 aliphatic rings. The van der Waals surface area contributed by atoms with Crippen LogP contribution >= 0.6 is 12.2 Å². The van der Waals surface area contributed by atoms with Crippen molar-refractivity contribution in [3.8, 4) is 22.6 Å². The summed E-state index contributed by atoms with van der Waals surface area (Å²) in [6, 6.07) is 29.9. The highest BCUT2D eigenvalue weighted by atomic mass is 32.1. The second-order valence-electron chi connectivity index (χ2n) is 8.37. The lowest BCUT2D eigenvalue weighted by Crippen LogP contribution is -2.54. The maximum atomic E-state index is 13.3. The summed E-state index contributed by atoms with van der Waals surface area (Å²) in [6.45, 7) is 0. The molecule has 0 aromatic heterocycles. The van der Waals surface area contributed by atoms with E-state index in [4.69, 9.17) is 22.1 Å². The lowest BCUT2D eigenvalue weighted by atomic mass is 10.0. The number of benzene rings is 4. The van der Waals surface area contributed by atoms with Crippen LogP contribution in [0.1, 0.15) is 15.9 Å². The molecular formula is C30H20N2O5S. The number of ether oxygens (including phenoxy) is 1. The molecule has 0 spiro atoms.